The van der Waals surface area contributed by atoms with Gasteiger partial charge in [0.05, 0.1) is 19.3 Å². The molecule has 1 N–H and O–H groups in total. The van der Waals surface area contributed by atoms with E-state index in [2.05, 4.69) is 10.2 Å². The lowest BCUT2D eigenvalue weighted by Gasteiger charge is -2.29. The highest BCUT2D eigenvalue weighted by atomic mass is 19.1. The van der Waals surface area contributed by atoms with E-state index in [1.54, 1.807) is 7.11 Å². The molecule has 27 heavy (non-hydrogen) atoms. The summed E-state index contributed by atoms with van der Waals surface area (Å²) in [4.78, 5) is 14.6. The van der Waals surface area contributed by atoms with E-state index >= 15 is 0 Å². The summed E-state index contributed by atoms with van der Waals surface area (Å²) in [7, 11) is 1.63. The van der Waals surface area contributed by atoms with Crippen molar-refractivity contribution >= 4 is 11.6 Å². The molecule has 1 aliphatic rings. The van der Waals surface area contributed by atoms with Crippen LogP contribution >= 0.6 is 0 Å². The van der Waals surface area contributed by atoms with E-state index in [-0.39, 0.29) is 24.2 Å². The lowest BCUT2D eigenvalue weighted by atomic mass is 10.0. The number of anilines is 1. The second-order valence-electron chi connectivity index (χ2n) is 6.78. The first kappa shape index (κ1) is 19.3. The van der Waals surface area contributed by atoms with Crippen LogP contribution in [0.25, 0.3) is 0 Å². The molecule has 144 valence electrons. The van der Waals surface area contributed by atoms with Crippen molar-refractivity contribution in [2.24, 2.45) is 0 Å². The van der Waals surface area contributed by atoms with Gasteiger partial charge >= 0.3 is 0 Å². The molecule has 1 heterocycles. The molecule has 0 radical (unpaired) electrons. The molecule has 0 unspecified atom stereocenters. The molecule has 0 spiro atoms. The summed E-state index contributed by atoms with van der Waals surface area (Å²) in [5.41, 5.74) is 1.13. The second kappa shape index (κ2) is 8.95. The maximum absolute atomic E-state index is 13.8. The maximum atomic E-state index is 13.8. The van der Waals surface area contributed by atoms with Crippen molar-refractivity contribution in [2.75, 3.05) is 25.5 Å². The van der Waals surface area contributed by atoms with Gasteiger partial charge in [-0.25, -0.2) is 8.78 Å². The van der Waals surface area contributed by atoms with E-state index in [1.807, 2.05) is 24.3 Å². The molecular formula is C21H24F2N2O2. The van der Waals surface area contributed by atoms with Gasteiger partial charge in [0.1, 0.15) is 17.4 Å². The van der Waals surface area contributed by atoms with Gasteiger partial charge in [-0.1, -0.05) is 25.0 Å². The van der Waals surface area contributed by atoms with Gasteiger partial charge < -0.3 is 10.1 Å². The summed E-state index contributed by atoms with van der Waals surface area (Å²) < 4.78 is 32.0. The standard InChI is InChI=1S/C21H24F2N2O2/c1-27-17-9-6-15(7-10-17)20-5-3-2-4-12-25(20)14-21(26)24-19-11-8-16(22)13-18(19)23/h6-11,13,20H,2-5,12,14H2,1H3,(H,24,26)/t20-/m1/s1. The first-order valence-electron chi connectivity index (χ1n) is 9.19. The molecule has 1 amide bonds. The average molecular weight is 374 g/mol. The molecule has 0 aromatic heterocycles. The van der Waals surface area contributed by atoms with Gasteiger partial charge in [-0.2, -0.15) is 0 Å². The first-order chi connectivity index (χ1) is 13.1. The smallest absolute Gasteiger partial charge is 0.238 e. The van der Waals surface area contributed by atoms with Gasteiger partial charge in [0, 0.05) is 12.1 Å². The van der Waals surface area contributed by atoms with E-state index in [4.69, 9.17) is 4.74 Å². The summed E-state index contributed by atoms with van der Waals surface area (Å²) in [5, 5.41) is 2.55. The van der Waals surface area contributed by atoms with Crippen molar-refractivity contribution in [3.63, 3.8) is 0 Å². The fraction of sp³-hybridized carbons (Fsp3) is 0.381. The predicted molar refractivity (Wildman–Crippen MR) is 101 cm³/mol. The zero-order chi connectivity index (χ0) is 19.2. The average Bonchev–Trinajstić information content (AvgIpc) is 2.89. The number of hydrogen-bond donors (Lipinski definition) is 1. The van der Waals surface area contributed by atoms with E-state index in [9.17, 15) is 13.6 Å². The Bertz CT molecular complexity index is 780. The number of benzene rings is 2. The highest BCUT2D eigenvalue weighted by molar-refractivity contribution is 5.92. The van der Waals surface area contributed by atoms with Crippen molar-refractivity contribution in [3.8, 4) is 5.75 Å². The summed E-state index contributed by atoms with van der Waals surface area (Å²) >= 11 is 0. The van der Waals surface area contributed by atoms with Crippen molar-refractivity contribution in [3.05, 3.63) is 59.7 Å². The number of rotatable bonds is 5. The number of likely N-dealkylation sites (tertiary alicyclic amines) is 1. The Hall–Kier alpha value is -2.47. The molecule has 4 nitrogen and oxygen atoms in total. The number of hydrogen-bond acceptors (Lipinski definition) is 3. The van der Waals surface area contributed by atoms with Crippen LogP contribution in [0.4, 0.5) is 14.5 Å². The molecule has 1 atom stereocenters. The minimum atomic E-state index is -0.772. The lowest BCUT2D eigenvalue weighted by molar-refractivity contribution is -0.117. The molecule has 6 heteroatoms. The van der Waals surface area contributed by atoms with E-state index < -0.39 is 11.6 Å². The third kappa shape index (κ3) is 5.04. The van der Waals surface area contributed by atoms with Crippen molar-refractivity contribution < 1.29 is 18.3 Å². The Labute approximate surface area is 158 Å². The van der Waals surface area contributed by atoms with Crippen LogP contribution in [-0.4, -0.2) is 31.0 Å². The molecule has 1 aliphatic heterocycles. The molecular weight excluding hydrogens is 350 g/mol. The Morgan fingerprint density at radius 1 is 1.15 bits per heavy atom. The largest absolute Gasteiger partial charge is 0.497 e. The first-order valence-corrected chi connectivity index (χ1v) is 9.19. The minimum absolute atomic E-state index is 0.00257. The minimum Gasteiger partial charge on any atom is -0.497 e. The van der Waals surface area contributed by atoms with Crippen LogP contribution in [0.5, 0.6) is 5.75 Å². The number of ether oxygens (including phenoxy) is 1. The van der Waals surface area contributed by atoms with Crippen LogP contribution in [-0.2, 0) is 4.79 Å². The monoisotopic (exact) mass is 374 g/mol. The van der Waals surface area contributed by atoms with E-state index in [0.29, 0.717) is 0 Å². The van der Waals surface area contributed by atoms with E-state index in [1.165, 1.54) is 6.07 Å². The van der Waals surface area contributed by atoms with Crippen LogP contribution in [0.1, 0.15) is 37.3 Å². The van der Waals surface area contributed by atoms with Gasteiger partial charge in [0.25, 0.3) is 0 Å². The summed E-state index contributed by atoms with van der Waals surface area (Å²) in [6.45, 7) is 0.962. The van der Waals surface area contributed by atoms with Crippen LogP contribution in [0.2, 0.25) is 0 Å². The number of nitrogens with one attached hydrogen (secondary N) is 1. The number of halogens is 2. The molecule has 0 aliphatic carbocycles. The molecule has 1 fully saturated rings. The van der Waals surface area contributed by atoms with Crippen LogP contribution in [0, 0.1) is 11.6 Å². The topological polar surface area (TPSA) is 41.6 Å². The fourth-order valence-electron chi connectivity index (χ4n) is 3.53. The highest BCUT2D eigenvalue weighted by Crippen LogP contribution is 2.31. The van der Waals surface area contributed by atoms with Crippen molar-refractivity contribution in [1.82, 2.24) is 4.90 Å². The van der Waals surface area contributed by atoms with Crippen molar-refractivity contribution in [1.29, 1.82) is 0 Å². The van der Waals surface area contributed by atoms with E-state index in [0.717, 1.165) is 55.7 Å². The van der Waals surface area contributed by atoms with Gasteiger partial charge in [-0.15, -0.1) is 0 Å². The molecule has 1 saturated heterocycles. The quantitative estimate of drug-likeness (QED) is 0.836. The van der Waals surface area contributed by atoms with Crippen LogP contribution < -0.4 is 10.1 Å². The fourth-order valence-corrected chi connectivity index (χ4v) is 3.53. The van der Waals surface area contributed by atoms with Crippen molar-refractivity contribution in [2.45, 2.75) is 31.7 Å². The third-order valence-electron chi connectivity index (χ3n) is 4.92. The number of nitrogens with zero attached hydrogens (tertiary/aromatic N) is 1. The third-order valence-corrected chi connectivity index (χ3v) is 4.92. The summed E-state index contributed by atoms with van der Waals surface area (Å²) in [6.07, 6.45) is 4.20. The molecule has 2 aromatic rings. The zero-order valence-corrected chi connectivity index (χ0v) is 15.4. The maximum Gasteiger partial charge on any atom is 0.238 e. The summed E-state index contributed by atoms with van der Waals surface area (Å²) in [5.74, 6) is -0.951. The zero-order valence-electron chi connectivity index (χ0n) is 15.4. The van der Waals surface area contributed by atoms with Crippen LogP contribution in [0.3, 0.4) is 0 Å². The Morgan fingerprint density at radius 2 is 1.93 bits per heavy atom. The van der Waals surface area contributed by atoms with Gasteiger partial charge in [-0.05, 0) is 49.2 Å². The SMILES string of the molecule is COc1ccc([C@H]2CCCCCN2CC(=O)Nc2ccc(F)cc2F)cc1. The second-order valence-corrected chi connectivity index (χ2v) is 6.78. The van der Waals surface area contributed by atoms with Gasteiger partial charge in [0.2, 0.25) is 5.91 Å². The number of amides is 1. The molecule has 0 saturated carbocycles. The normalized spacial score (nSPS) is 18.0. The number of methoxy groups -OCH3 is 1. The van der Waals surface area contributed by atoms with Gasteiger partial charge in [0.15, 0.2) is 0 Å². The highest BCUT2D eigenvalue weighted by Gasteiger charge is 2.24. The Kier molecular flexibility index (Phi) is 6.40. The Morgan fingerprint density at radius 3 is 2.63 bits per heavy atom. The van der Waals surface area contributed by atoms with Gasteiger partial charge in [-0.3, -0.25) is 9.69 Å². The predicted octanol–water partition coefficient (Wildman–Crippen LogP) is 4.53. The Balaban J connectivity index is 1.71. The van der Waals surface area contributed by atoms with Crippen LogP contribution in [0.15, 0.2) is 42.5 Å². The molecule has 0 bridgehead atoms. The molecule has 2 aromatic carbocycles. The molecule has 3 rings (SSSR count). The summed E-state index contributed by atoms with van der Waals surface area (Å²) in [6, 6.07) is 11.2. The number of carbonyl (C=O) groups is 1. The number of carbonyl (C=O) groups excluding carboxylic acids is 1. The lowest BCUT2D eigenvalue weighted by Crippen LogP contribution is -2.36.